The SMILES string of the molecule is CCCCC/C=C\C/C=C\CCCCCCCCCCCC(=O)OCCCCCCCCCCCCCCCCCCCCCCCCCCCCCCCCCC(=O)NC(CO)C(O)CCCCCCCCCCCCCCCCC. The second kappa shape index (κ2) is 71.8. The minimum atomic E-state index is -0.661. The molecule has 0 fully saturated rings. The highest BCUT2D eigenvalue weighted by molar-refractivity contribution is 5.76. The first-order valence-corrected chi connectivity index (χ1v) is 37.6. The molecule has 6 heteroatoms. The summed E-state index contributed by atoms with van der Waals surface area (Å²) in [5, 5.41) is 23.3. The fourth-order valence-electron chi connectivity index (χ4n) is 12.0. The predicted molar refractivity (Wildman–Crippen MR) is 361 cm³/mol. The van der Waals surface area contributed by atoms with Crippen LogP contribution in [0.15, 0.2) is 24.3 Å². The maximum absolute atomic E-state index is 12.5. The molecule has 82 heavy (non-hydrogen) atoms. The first-order valence-electron chi connectivity index (χ1n) is 37.6. The Morgan fingerprint density at radius 2 is 0.610 bits per heavy atom. The summed E-state index contributed by atoms with van der Waals surface area (Å²) in [5.74, 6) is -0.00967. The number of allylic oxidation sites excluding steroid dienone is 4. The number of nitrogens with one attached hydrogen (secondary N) is 1. The lowest BCUT2D eigenvalue weighted by Crippen LogP contribution is -2.45. The molecule has 0 saturated carbocycles. The zero-order valence-electron chi connectivity index (χ0n) is 55.8. The van der Waals surface area contributed by atoms with Gasteiger partial charge in [-0.05, 0) is 57.8 Å². The van der Waals surface area contributed by atoms with Crippen LogP contribution in [0.4, 0.5) is 0 Å². The van der Waals surface area contributed by atoms with Crippen LogP contribution in [0, 0.1) is 0 Å². The fraction of sp³-hybridized carbons (Fsp3) is 0.921. The molecular formula is C76H147NO5. The van der Waals surface area contributed by atoms with Gasteiger partial charge in [-0.25, -0.2) is 0 Å². The normalized spacial score (nSPS) is 12.6. The molecule has 6 nitrogen and oxygen atoms in total. The molecule has 0 aromatic rings. The largest absolute Gasteiger partial charge is 0.466 e. The summed E-state index contributed by atoms with van der Waals surface area (Å²) in [4.78, 5) is 24.6. The third kappa shape index (κ3) is 67.5. The Kier molecular flexibility index (Phi) is 70.4. The van der Waals surface area contributed by atoms with Crippen LogP contribution in [-0.2, 0) is 14.3 Å². The summed E-state index contributed by atoms with van der Waals surface area (Å²) < 4.78 is 5.51. The van der Waals surface area contributed by atoms with E-state index in [0.717, 1.165) is 51.4 Å². The Bertz CT molecular complexity index is 1280. The smallest absolute Gasteiger partial charge is 0.305 e. The highest BCUT2D eigenvalue weighted by atomic mass is 16.5. The van der Waals surface area contributed by atoms with Gasteiger partial charge in [0, 0.05) is 12.8 Å². The molecule has 0 heterocycles. The molecule has 0 aromatic carbocycles. The number of carbonyl (C=O) groups is 2. The second-order valence-corrected chi connectivity index (χ2v) is 26.0. The Labute approximate surface area is 513 Å². The highest BCUT2D eigenvalue weighted by Crippen LogP contribution is 2.20. The number of carbonyl (C=O) groups excluding carboxylic acids is 2. The average molecular weight is 1160 g/mol. The van der Waals surface area contributed by atoms with E-state index in [-0.39, 0.29) is 18.5 Å². The van der Waals surface area contributed by atoms with Gasteiger partial charge in [0.2, 0.25) is 5.91 Å². The van der Waals surface area contributed by atoms with Gasteiger partial charge >= 0.3 is 5.97 Å². The van der Waals surface area contributed by atoms with Crippen molar-refractivity contribution in [1.29, 1.82) is 0 Å². The summed E-state index contributed by atoms with van der Waals surface area (Å²) in [6, 6.07) is -0.538. The average Bonchev–Trinajstić information content (AvgIpc) is 3.48. The van der Waals surface area contributed by atoms with Gasteiger partial charge in [-0.3, -0.25) is 9.59 Å². The zero-order chi connectivity index (χ0) is 59.2. The van der Waals surface area contributed by atoms with Crippen molar-refractivity contribution >= 4 is 11.9 Å². The third-order valence-corrected chi connectivity index (χ3v) is 17.8. The van der Waals surface area contributed by atoms with Gasteiger partial charge in [-0.1, -0.05) is 378 Å². The first kappa shape index (κ1) is 80.3. The lowest BCUT2D eigenvalue weighted by atomic mass is 10.0. The Balaban J connectivity index is 3.31. The van der Waals surface area contributed by atoms with E-state index in [1.54, 1.807) is 0 Å². The number of aliphatic hydroxyl groups is 2. The fourth-order valence-corrected chi connectivity index (χ4v) is 12.0. The first-order chi connectivity index (χ1) is 40.5. The lowest BCUT2D eigenvalue weighted by molar-refractivity contribution is -0.143. The minimum absolute atomic E-state index is 0.0177. The summed E-state index contributed by atoms with van der Waals surface area (Å²) in [7, 11) is 0. The summed E-state index contributed by atoms with van der Waals surface area (Å²) in [6.45, 7) is 4.97. The minimum Gasteiger partial charge on any atom is -0.466 e. The molecule has 0 aliphatic carbocycles. The Morgan fingerprint density at radius 3 is 0.951 bits per heavy atom. The van der Waals surface area contributed by atoms with E-state index in [2.05, 4.69) is 43.5 Å². The summed E-state index contributed by atoms with van der Waals surface area (Å²) in [5.41, 5.74) is 0. The number of hydrogen-bond acceptors (Lipinski definition) is 5. The molecular weight excluding hydrogens is 1010 g/mol. The molecule has 486 valence electrons. The second-order valence-electron chi connectivity index (χ2n) is 26.0. The summed E-state index contributed by atoms with van der Waals surface area (Å²) in [6.07, 6.45) is 91.1. The topological polar surface area (TPSA) is 95.9 Å². The van der Waals surface area contributed by atoms with Crippen molar-refractivity contribution in [3.05, 3.63) is 24.3 Å². The Hall–Kier alpha value is -1.66. The number of amides is 1. The van der Waals surface area contributed by atoms with Crippen LogP contribution >= 0.6 is 0 Å². The van der Waals surface area contributed by atoms with E-state index in [1.807, 2.05) is 0 Å². The van der Waals surface area contributed by atoms with Crippen molar-refractivity contribution in [2.75, 3.05) is 13.2 Å². The number of rotatable bonds is 71. The molecule has 0 bridgehead atoms. The van der Waals surface area contributed by atoms with Crippen LogP contribution < -0.4 is 5.32 Å². The summed E-state index contributed by atoms with van der Waals surface area (Å²) >= 11 is 0. The maximum atomic E-state index is 12.5. The van der Waals surface area contributed by atoms with Gasteiger partial charge in [0.15, 0.2) is 0 Å². The van der Waals surface area contributed by atoms with Crippen molar-refractivity contribution in [2.45, 2.75) is 437 Å². The monoisotopic (exact) mass is 1150 g/mol. The van der Waals surface area contributed by atoms with Crippen LogP contribution in [0.5, 0.6) is 0 Å². The van der Waals surface area contributed by atoms with Crippen molar-refractivity contribution in [3.8, 4) is 0 Å². The van der Waals surface area contributed by atoms with Crippen molar-refractivity contribution in [1.82, 2.24) is 5.32 Å². The van der Waals surface area contributed by atoms with E-state index in [4.69, 9.17) is 4.74 Å². The predicted octanol–water partition coefficient (Wildman–Crippen LogP) is 24.5. The van der Waals surface area contributed by atoms with Gasteiger partial charge < -0.3 is 20.3 Å². The van der Waals surface area contributed by atoms with E-state index in [9.17, 15) is 19.8 Å². The van der Waals surface area contributed by atoms with Gasteiger partial charge in [0.05, 0.1) is 25.4 Å². The molecule has 2 unspecified atom stereocenters. The van der Waals surface area contributed by atoms with Crippen LogP contribution in [-0.4, -0.2) is 47.4 Å². The third-order valence-electron chi connectivity index (χ3n) is 17.8. The van der Waals surface area contributed by atoms with E-state index in [0.29, 0.717) is 25.9 Å². The molecule has 2 atom stereocenters. The molecule has 0 saturated heterocycles. The van der Waals surface area contributed by atoms with Crippen LogP contribution in [0.3, 0.4) is 0 Å². The lowest BCUT2D eigenvalue weighted by Gasteiger charge is -2.22. The van der Waals surface area contributed by atoms with E-state index >= 15 is 0 Å². The maximum Gasteiger partial charge on any atom is 0.305 e. The number of unbranched alkanes of at least 4 members (excludes halogenated alkanes) is 56. The molecule has 1 amide bonds. The van der Waals surface area contributed by atoms with E-state index < -0.39 is 12.1 Å². The molecule has 0 rings (SSSR count). The number of esters is 1. The molecule has 0 aliphatic rings. The van der Waals surface area contributed by atoms with Crippen molar-refractivity contribution in [2.24, 2.45) is 0 Å². The highest BCUT2D eigenvalue weighted by Gasteiger charge is 2.20. The van der Waals surface area contributed by atoms with Gasteiger partial charge in [-0.15, -0.1) is 0 Å². The van der Waals surface area contributed by atoms with Gasteiger partial charge in [0.1, 0.15) is 0 Å². The molecule has 0 aromatic heterocycles. The molecule has 3 N–H and O–H groups in total. The van der Waals surface area contributed by atoms with Gasteiger partial charge in [0.25, 0.3) is 0 Å². The van der Waals surface area contributed by atoms with Crippen LogP contribution in [0.1, 0.15) is 425 Å². The number of aliphatic hydroxyl groups excluding tert-OH is 2. The molecule has 0 spiro atoms. The number of ether oxygens (including phenoxy) is 1. The quantitative estimate of drug-likeness (QED) is 0.0320. The Morgan fingerprint density at radius 1 is 0.341 bits per heavy atom. The van der Waals surface area contributed by atoms with Crippen molar-refractivity contribution in [3.63, 3.8) is 0 Å². The van der Waals surface area contributed by atoms with Crippen molar-refractivity contribution < 1.29 is 24.5 Å². The van der Waals surface area contributed by atoms with Gasteiger partial charge in [-0.2, -0.15) is 0 Å². The van der Waals surface area contributed by atoms with Crippen LogP contribution in [0.2, 0.25) is 0 Å². The van der Waals surface area contributed by atoms with E-state index in [1.165, 1.54) is 340 Å². The zero-order valence-corrected chi connectivity index (χ0v) is 55.8. The molecule has 0 aliphatic heterocycles. The number of hydrogen-bond donors (Lipinski definition) is 3. The standard InChI is InChI=1S/C76H147NO5/c1-3-5-7-9-11-13-15-17-19-20-34-38-42-46-50-54-58-62-66-70-76(81)82-71-67-63-59-55-51-47-43-39-36-33-31-29-27-25-23-21-22-24-26-28-30-32-35-37-41-45-49-53-57-61-65-69-75(80)77-73(72-78)74(79)68-64-60-56-52-48-44-40-18-16-14-12-10-8-6-4-2/h11,13,17,19,73-74,78-79H,3-10,12,14-16,18,20-72H2,1-2H3,(H,77,80)/b13-11-,19-17-. The molecule has 0 radical (unpaired) electrons. The van der Waals surface area contributed by atoms with Crippen LogP contribution in [0.25, 0.3) is 0 Å².